The summed E-state index contributed by atoms with van der Waals surface area (Å²) in [7, 11) is 0. The van der Waals surface area contributed by atoms with E-state index < -0.39 is 29.8 Å². The second-order valence-corrected chi connectivity index (χ2v) is 10.8. The van der Waals surface area contributed by atoms with E-state index in [-0.39, 0.29) is 47.0 Å². The molecule has 218 valence electrons. The van der Waals surface area contributed by atoms with Crippen LogP contribution in [0.5, 0.6) is 0 Å². The maximum Gasteiger partial charge on any atom is 0.335 e. The van der Waals surface area contributed by atoms with Crippen molar-refractivity contribution in [1.82, 2.24) is 19.7 Å². The number of nitrogens with zero attached hydrogens (tertiary/aromatic N) is 5. The van der Waals surface area contributed by atoms with Gasteiger partial charge in [-0.1, -0.05) is 47.1 Å². The zero-order valence-electron chi connectivity index (χ0n) is 22.9. The van der Waals surface area contributed by atoms with Crippen LogP contribution in [0.15, 0.2) is 72.1 Å². The number of aryl methyl sites for hydroxylation is 1. The molecule has 10 nitrogen and oxygen atoms in total. The first kappa shape index (κ1) is 28.2. The smallest absolute Gasteiger partial charge is 0.335 e. The number of Topliss-reactive ketones (excluding diaryl/α,β-unsaturated/α-hetero) is 1. The van der Waals surface area contributed by atoms with Crippen molar-refractivity contribution >= 4 is 35.0 Å². The molecule has 2 aliphatic heterocycles. The molecule has 1 aromatic heterocycles. The van der Waals surface area contributed by atoms with Gasteiger partial charge in [-0.05, 0) is 60.4 Å². The molecule has 2 aliphatic rings. The third kappa shape index (κ3) is 5.39. The minimum atomic E-state index is -1.07. The summed E-state index contributed by atoms with van der Waals surface area (Å²) < 4.78 is 16.3. The van der Waals surface area contributed by atoms with E-state index in [1.54, 1.807) is 42.2 Å². The van der Waals surface area contributed by atoms with Gasteiger partial charge in [0.25, 0.3) is 5.91 Å². The molecule has 2 atom stereocenters. The van der Waals surface area contributed by atoms with Gasteiger partial charge in [-0.25, -0.2) is 18.9 Å². The maximum absolute atomic E-state index is 14.7. The van der Waals surface area contributed by atoms with Gasteiger partial charge in [-0.3, -0.25) is 9.59 Å². The van der Waals surface area contributed by atoms with Crippen molar-refractivity contribution in [2.24, 2.45) is 5.16 Å². The molecule has 0 spiro atoms. The molecular formula is C31H25ClFN5O5. The molecule has 3 heterocycles. The molecule has 43 heavy (non-hydrogen) atoms. The topological polar surface area (TPSA) is 127 Å². The van der Waals surface area contributed by atoms with E-state index in [4.69, 9.17) is 16.4 Å². The van der Waals surface area contributed by atoms with Crippen LogP contribution in [0.4, 0.5) is 4.39 Å². The summed E-state index contributed by atoms with van der Waals surface area (Å²) in [4.78, 5) is 50.5. The van der Waals surface area contributed by atoms with Crippen LogP contribution in [0.25, 0.3) is 5.69 Å². The van der Waals surface area contributed by atoms with Gasteiger partial charge in [0.05, 0.1) is 22.0 Å². The Morgan fingerprint density at radius 2 is 1.86 bits per heavy atom. The summed E-state index contributed by atoms with van der Waals surface area (Å²) in [5.41, 5.74) is 3.38. The SMILES string of the molecule is Cc1ncn(-c2cccc3c2CCN(C(=O)[C@H]2CC(c4cccc(Cl)c4F)=NO2)[C@H]3C(=O)Cc2ccc(C(=O)O)cc2)n1. The summed E-state index contributed by atoms with van der Waals surface area (Å²) in [5, 5.41) is 17.6. The Morgan fingerprint density at radius 1 is 1.09 bits per heavy atom. The molecule has 0 saturated heterocycles. The minimum absolute atomic E-state index is 0.00921. The second-order valence-electron chi connectivity index (χ2n) is 10.3. The highest BCUT2D eigenvalue weighted by Gasteiger charge is 2.42. The Morgan fingerprint density at radius 3 is 2.58 bits per heavy atom. The van der Waals surface area contributed by atoms with Crippen molar-refractivity contribution in [2.75, 3.05) is 6.54 Å². The standard InChI is InChI=1S/C31H25ClFN5O5/c1-17-34-16-38(35-17)25-7-3-4-21-20(25)12-13-37(29(21)26(39)14-18-8-10-19(11-9-18)31(41)42)30(40)27-15-24(36-43-27)22-5-2-6-23(32)28(22)33/h2-11,16,27,29H,12-15H2,1H3,(H,41,42)/t27-,29-/m1/s1. The highest BCUT2D eigenvalue weighted by molar-refractivity contribution is 6.31. The molecule has 0 unspecified atom stereocenters. The van der Waals surface area contributed by atoms with Crippen LogP contribution in [0.1, 0.15) is 50.9 Å². The van der Waals surface area contributed by atoms with Crippen molar-refractivity contribution < 1.29 is 28.7 Å². The fourth-order valence-corrected chi connectivity index (χ4v) is 5.73. The van der Waals surface area contributed by atoms with Gasteiger partial charge in [-0.2, -0.15) is 5.10 Å². The van der Waals surface area contributed by atoms with Gasteiger partial charge in [0.1, 0.15) is 18.2 Å². The molecule has 0 bridgehead atoms. The second kappa shape index (κ2) is 11.4. The number of ketones is 1. The lowest BCUT2D eigenvalue weighted by atomic mass is 9.86. The highest BCUT2D eigenvalue weighted by atomic mass is 35.5. The molecular weight excluding hydrogens is 577 g/mol. The van der Waals surface area contributed by atoms with Crippen molar-refractivity contribution in [3.63, 3.8) is 0 Å². The summed E-state index contributed by atoms with van der Waals surface area (Å²) >= 11 is 5.94. The molecule has 1 amide bonds. The highest BCUT2D eigenvalue weighted by Crippen LogP contribution is 2.36. The molecule has 3 aromatic carbocycles. The van der Waals surface area contributed by atoms with Crippen LogP contribution in [0, 0.1) is 12.7 Å². The maximum atomic E-state index is 14.7. The van der Waals surface area contributed by atoms with Gasteiger partial charge in [0, 0.05) is 24.9 Å². The summed E-state index contributed by atoms with van der Waals surface area (Å²) in [6.45, 7) is 1.99. The summed E-state index contributed by atoms with van der Waals surface area (Å²) in [5.74, 6) is -1.84. The van der Waals surface area contributed by atoms with Crippen molar-refractivity contribution in [3.8, 4) is 5.69 Å². The number of aromatic carboxylic acids is 1. The Labute approximate surface area is 250 Å². The van der Waals surface area contributed by atoms with E-state index in [2.05, 4.69) is 15.2 Å². The Hall–Kier alpha value is -4.90. The third-order valence-corrected chi connectivity index (χ3v) is 7.92. The Kier molecular flexibility index (Phi) is 7.49. The summed E-state index contributed by atoms with van der Waals surface area (Å²) in [6, 6.07) is 15.1. The molecule has 0 aliphatic carbocycles. The fourth-order valence-electron chi connectivity index (χ4n) is 5.55. The van der Waals surface area contributed by atoms with Gasteiger partial charge < -0.3 is 14.8 Å². The van der Waals surface area contributed by atoms with Crippen LogP contribution in [0.3, 0.4) is 0 Å². The lowest BCUT2D eigenvalue weighted by Crippen LogP contribution is -2.48. The number of rotatable bonds is 7. The minimum Gasteiger partial charge on any atom is -0.478 e. The predicted molar refractivity (Wildman–Crippen MR) is 154 cm³/mol. The quantitative estimate of drug-likeness (QED) is 0.330. The van der Waals surface area contributed by atoms with E-state index in [9.17, 15) is 23.9 Å². The lowest BCUT2D eigenvalue weighted by Gasteiger charge is -2.38. The third-order valence-electron chi connectivity index (χ3n) is 7.62. The number of fused-ring (bicyclic) bond motifs is 1. The number of carboxylic acid groups (broad SMARTS) is 1. The normalized spacial score (nSPS) is 17.7. The lowest BCUT2D eigenvalue weighted by molar-refractivity contribution is -0.149. The van der Waals surface area contributed by atoms with Gasteiger partial charge in [0.2, 0.25) is 6.10 Å². The zero-order valence-corrected chi connectivity index (χ0v) is 23.7. The number of carbonyl (C=O) groups excluding carboxylic acids is 2. The molecule has 0 radical (unpaired) electrons. The average molecular weight is 602 g/mol. The largest absolute Gasteiger partial charge is 0.478 e. The number of aromatic nitrogens is 3. The molecule has 4 aromatic rings. The Bertz CT molecular complexity index is 1790. The number of halogens is 2. The van der Waals surface area contributed by atoms with Crippen LogP contribution in [-0.2, 0) is 27.3 Å². The fraction of sp³-hybridized carbons (Fsp3) is 0.226. The Balaban J connectivity index is 1.32. The van der Waals surface area contributed by atoms with Crippen LogP contribution < -0.4 is 0 Å². The number of amides is 1. The van der Waals surface area contributed by atoms with E-state index in [1.165, 1.54) is 29.2 Å². The van der Waals surface area contributed by atoms with Crippen LogP contribution in [-0.4, -0.2) is 60.8 Å². The zero-order chi connectivity index (χ0) is 30.2. The first-order valence-electron chi connectivity index (χ1n) is 13.5. The van der Waals surface area contributed by atoms with Crippen molar-refractivity contribution in [2.45, 2.75) is 38.3 Å². The van der Waals surface area contributed by atoms with Crippen molar-refractivity contribution in [3.05, 3.63) is 111 Å². The number of hydrogen-bond acceptors (Lipinski definition) is 7. The van der Waals surface area contributed by atoms with Crippen LogP contribution >= 0.6 is 11.6 Å². The first-order valence-corrected chi connectivity index (χ1v) is 13.9. The summed E-state index contributed by atoms with van der Waals surface area (Å²) in [6.07, 6.45) is 0.956. The van der Waals surface area contributed by atoms with Gasteiger partial charge >= 0.3 is 5.97 Å². The average Bonchev–Trinajstić information content (AvgIpc) is 3.67. The monoisotopic (exact) mass is 601 g/mol. The molecule has 6 rings (SSSR count). The number of carboxylic acids is 1. The molecule has 0 saturated carbocycles. The van der Waals surface area contributed by atoms with Gasteiger partial charge in [-0.15, -0.1) is 0 Å². The predicted octanol–water partition coefficient (Wildman–Crippen LogP) is 4.50. The van der Waals surface area contributed by atoms with E-state index in [0.717, 1.165) is 11.3 Å². The molecule has 1 N–H and O–H groups in total. The number of oxime groups is 1. The first-order chi connectivity index (χ1) is 20.7. The molecule has 12 heteroatoms. The molecule has 0 fully saturated rings. The van der Waals surface area contributed by atoms with Crippen LogP contribution in [0.2, 0.25) is 5.02 Å². The van der Waals surface area contributed by atoms with Crippen molar-refractivity contribution in [1.29, 1.82) is 0 Å². The van der Waals surface area contributed by atoms with E-state index in [0.29, 0.717) is 23.4 Å². The number of carbonyl (C=O) groups is 3. The van der Waals surface area contributed by atoms with E-state index in [1.807, 2.05) is 12.1 Å². The number of hydrogen-bond donors (Lipinski definition) is 1. The van der Waals surface area contributed by atoms with Gasteiger partial charge in [0.15, 0.2) is 11.6 Å². The number of benzene rings is 3. The van der Waals surface area contributed by atoms with E-state index >= 15 is 0 Å².